The molecule has 1 amide bonds. The third-order valence-electron chi connectivity index (χ3n) is 4.67. The van der Waals surface area contributed by atoms with Crippen LogP contribution < -0.4 is 10.2 Å². The van der Waals surface area contributed by atoms with Crippen molar-refractivity contribution in [3.63, 3.8) is 0 Å². The second-order valence-electron chi connectivity index (χ2n) is 6.54. The van der Waals surface area contributed by atoms with E-state index in [1.54, 1.807) is 0 Å². The predicted octanol–water partition coefficient (Wildman–Crippen LogP) is 4.14. The van der Waals surface area contributed by atoms with Crippen LogP contribution in [0.3, 0.4) is 0 Å². The number of hydrogen-bond acceptors (Lipinski definition) is 2. The molecule has 1 saturated carbocycles. The van der Waals surface area contributed by atoms with Crippen LogP contribution in [0.2, 0.25) is 0 Å². The van der Waals surface area contributed by atoms with Gasteiger partial charge in [-0.2, -0.15) is 0 Å². The van der Waals surface area contributed by atoms with E-state index in [-0.39, 0.29) is 5.91 Å². The maximum atomic E-state index is 12.2. The Kier molecular flexibility index (Phi) is 5.89. The molecule has 1 aliphatic rings. The average Bonchev–Trinajstić information content (AvgIpc) is 3.13. The van der Waals surface area contributed by atoms with E-state index in [2.05, 4.69) is 46.6 Å². The maximum Gasteiger partial charge on any atom is 0.221 e. The normalized spacial score (nSPS) is 14.5. The van der Waals surface area contributed by atoms with Gasteiger partial charge in [0.05, 0.1) is 0 Å². The Morgan fingerprint density at radius 3 is 2.25 bits per heavy atom. The lowest BCUT2D eigenvalue weighted by molar-refractivity contribution is -0.121. The predicted molar refractivity (Wildman–Crippen MR) is 98.9 cm³/mol. The standard InChI is InChI=1S/C21H26N2O/c24-21(22-19-11-7-8-12-19)15-16-23(20-13-5-2-6-14-20)17-18-9-3-1-4-10-18/h1-6,9-10,13-14,19H,7-8,11-12,15-17H2,(H,22,24). The lowest BCUT2D eigenvalue weighted by Crippen LogP contribution is -2.35. The van der Waals surface area contributed by atoms with Crippen LogP contribution in [-0.2, 0) is 11.3 Å². The molecule has 1 N–H and O–H groups in total. The Labute approximate surface area is 144 Å². The number of rotatable bonds is 7. The fraction of sp³-hybridized carbons (Fsp3) is 0.381. The molecule has 1 fully saturated rings. The molecule has 0 atom stereocenters. The van der Waals surface area contributed by atoms with Gasteiger partial charge in [-0.15, -0.1) is 0 Å². The molecule has 3 rings (SSSR count). The summed E-state index contributed by atoms with van der Waals surface area (Å²) in [5, 5.41) is 3.18. The van der Waals surface area contributed by atoms with E-state index in [4.69, 9.17) is 0 Å². The van der Waals surface area contributed by atoms with E-state index in [1.165, 1.54) is 18.4 Å². The summed E-state index contributed by atoms with van der Waals surface area (Å²) in [6, 6.07) is 21.2. The third-order valence-corrected chi connectivity index (χ3v) is 4.67. The molecule has 24 heavy (non-hydrogen) atoms. The monoisotopic (exact) mass is 322 g/mol. The zero-order valence-corrected chi connectivity index (χ0v) is 14.2. The third kappa shape index (κ3) is 4.85. The summed E-state index contributed by atoms with van der Waals surface area (Å²) in [6.45, 7) is 1.55. The van der Waals surface area contributed by atoms with Crippen LogP contribution in [0.1, 0.15) is 37.7 Å². The van der Waals surface area contributed by atoms with Gasteiger partial charge in [-0.05, 0) is 30.5 Å². The number of carbonyl (C=O) groups excluding carboxylic acids is 1. The molecule has 0 heterocycles. The van der Waals surface area contributed by atoms with Crippen molar-refractivity contribution < 1.29 is 4.79 Å². The van der Waals surface area contributed by atoms with Gasteiger partial charge >= 0.3 is 0 Å². The van der Waals surface area contributed by atoms with Crippen molar-refractivity contribution in [1.29, 1.82) is 0 Å². The summed E-state index contributed by atoms with van der Waals surface area (Å²) in [5.41, 5.74) is 2.42. The number of carbonyl (C=O) groups is 1. The van der Waals surface area contributed by atoms with E-state index in [1.807, 2.05) is 24.3 Å². The molecule has 126 valence electrons. The first-order chi connectivity index (χ1) is 11.8. The first-order valence-corrected chi connectivity index (χ1v) is 8.94. The Balaban J connectivity index is 1.60. The van der Waals surface area contributed by atoms with Gasteiger partial charge in [0, 0.05) is 31.2 Å². The zero-order chi connectivity index (χ0) is 16.6. The van der Waals surface area contributed by atoms with Crippen LogP contribution in [-0.4, -0.2) is 18.5 Å². The Hall–Kier alpha value is -2.29. The first kappa shape index (κ1) is 16.6. The van der Waals surface area contributed by atoms with Crippen LogP contribution in [0.25, 0.3) is 0 Å². The Bertz CT molecular complexity index is 621. The van der Waals surface area contributed by atoms with Crippen molar-refractivity contribution in [2.24, 2.45) is 0 Å². The number of amides is 1. The molecule has 0 spiro atoms. The molecule has 2 aromatic carbocycles. The first-order valence-electron chi connectivity index (χ1n) is 8.94. The molecule has 3 nitrogen and oxygen atoms in total. The van der Waals surface area contributed by atoms with E-state index >= 15 is 0 Å². The number of anilines is 1. The fourth-order valence-corrected chi connectivity index (χ4v) is 3.35. The van der Waals surface area contributed by atoms with Gasteiger partial charge in [-0.25, -0.2) is 0 Å². The van der Waals surface area contributed by atoms with E-state index in [0.717, 1.165) is 31.6 Å². The number of para-hydroxylation sites is 1. The smallest absolute Gasteiger partial charge is 0.221 e. The van der Waals surface area contributed by atoms with Crippen molar-refractivity contribution in [3.05, 3.63) is 66.2 Å². The minimum Gasteiger partial charge on any atom is -0.367 e. The maximum absolute atomic E-state index is 12.2. The lowest BCUT2D eigenvalue weighted by Gasteiger charge is -2.25. The highest BCUT2D eigenvalue weighted by molar-refractivity contribution is 5.77. The molecule has 0 aromatic heterocycles. The van der Waals surface area contributed by atoms with E-state index < -0.39 is 0 Å². The second-order valence-corrected chi connectivity index (χ2v) is 6.54. The topological polar surface area (TPSA) is 32.3 Å². The summed E-state index contributed by atoms with van der Waals surface area (Å²) in [4.78, 5) is 14.5. The molecule has 1 aliphatic carbocycles. The van der Waals surface area contributed by atoms with E-state index in [0.29, 0.717) is 12.5 Å². The van der Waals surface area contributed by atoms with Crippen molar-refractivity contribution in [2.75, 3.05) is 11.4 Å². The minimum atomic E-state index is 0.177. The summed E-state index contributed by atoms with van der Waals surface area (Å²) in [7, 11) is 0. The molecule has 0 saturated heterocycles. The lowest BCUT2D eigenvalue weighted by atomic mass is 10.2. The van der Waals surface area contributed by atoms with Crippen LogP contribution in [0, 0.1) is 0 Å². The summed E-state index contributed by atoms with van der Waals surface area (Å²) in [5.74, 6) is 0.177. The highest BCUT2D eigenvalue weighted by Crippen LogP contribution is 2.19. The van der Waals surface area contributed by atoms with Crippen molar-refractivity contribution in [2.45, 2.75) is 44.7 Å². The van der Waals surface area contributed by atoms with Gasteiger partial charge in [-0.1, -0.05) is 61.4 Å². The van der Waals surface area contributed by atoms with Gasteiger partial charge in [0.15, 0.2) is 0 Å². The molecule has 0 bridgehead atoms. The molecule has 0 unspecified atom stereocenters. The van der Waals surface area contributed by atoms with Gasteiger partial charge in [0.25, 0.3) is 0 Å². The van der Waals surface area contributed by atoms with Gasteiger partial charge in [0.2, 0.25) is 5.91 Å². The molecular formula is C21H26N2O. The molecular weight excluding hydrogens is 296 g/mol. The average molecular weight is 322 g/mol. The van der Waals surface area contributed by atoms with Crippen LogP contribution in [0.15, 0.2) is 60.7 Å². The van der Waals surface area contributed by atoms with Crippen molar-refractivity contribution in [3.8, 4) is 0 Å². The Morgan fingerprint density at radius 2 is 1.58 bits per heavy atom. The number of hydrogen-bond donors (Lipinski definition) is 1. The largest absolute Gasteiger partial charge is 0.367 e. The van der Waals surface area contributed by atoms with Gasteiger partial charge in [0.1, 0.15) is 0 Å². The van der Waals surface area contributed by atoms with Gasteiger partial charge in [-0.3, -0.25) is 4.79 Å². The molecule has 0 radical (unpaired) electrons. The summed E-state index contributed by atoms with van der Waals surface area (Å²) in [6.07, 6.45) is 5.30. The van der Waals surface area contributed by atoms with Crippen molar-refractivity contribution in [1.82, 2.24) is 5.32 Å². The van der Waals surface area contributed by atoms with Gasteiger partial charge < -0.3 is 10.2 Å². The number of nitrogens with one attached hydrogen (secondary N) is 1. The molecule has 0 aliphatic heterocycles. The van der Waals surface area contributed by atoms with Crippen molar-refractivity contribution >= 4 is 11.6 Å². The van der Waals surface area contributed by atoms with E-state index in [9.17, 15) is 4.79 Å². The minimum absolute atomic E-state index is 0.177. The molecule has 2 aromatic rings. The quantitative estimate of drug-likeness (QED) is 0.831. The highest BCUT2D eigenvalue weighted by atomic mass is 16.1. The van der Waals surface area contributed by atoms with Crippen LogP contribution >= 0.6 is 0 Å². The van der Waals surface area contributed by atoms with Crippen LogP contribution in [0.4, 0.5) is 5.69 Å². The molecule has 3 heteroatoms. The fourth-order valence-electron chi connectivity index (χ4n) is 3.35. The Morgan fingerprint density at radius 1 is 0.958 bits per heavy atom. The number of benzene rings is 2. The summed E-state index contributed by atoms with van der Waals surface area (Å²) >= 11 is 0. The SMILES string of the molecule is O=C(CCN(Cc1ccccc1)c1ccccc1)NC1CCCC1. The summed E-state index contributed by atoms with van der Waals surface area (Å²) < 4.78 is 0. The second kappa shape index (κ2) is 8.53. The zero-order valence-electron chi connectivity index (χ0n) is 14.2. The highest BCUT2D eigenvalue weighted by Gasteiger charge is 2.17. The van der Waals surface area contributed by atoms with Crippen LogP contribution in [0.5, 0.6) is 0 Å². The number of nitrogens with zero attached hydrogens (tertiary/aromatic N) is 1.